The molecule has 1 aromatic rings. The lowest BCUT2D eigenvalue weighted by Crippen LogP contribution is -2.39. The fourth-order valence-corrected chi connectivity index (χ4v) is 4.18. The largest absolute Gasteiger partial charge is 0.315 e. The summed E-state index contributed by atoms with van der Waals surface area (Å²) in [5.74, 6) is 0.0407. The number of hydrogen-bond donors (Lipinski definition) is 1. The van der Waals surface area contributed by atoms with Crippen molar-refractivity contribution in [3.05, 3.63) is 34.9 Å². The molecular weight excluding hydrogens is 258 g/mol. The van der Waals surface area contributed by atoms with Crippen LogP contribution in [0.3, 0.4) is 0 Å². The standard InChI is InChI=1S/C12H16ClNO2S/c13-12-6-2-1-4-10(12)9-17(15,16)11-5-3-7-14-8-11/h1-2,4,6,11,14H,3,5,7-9H2. The van der Waals surface area contributed by atoms with Crippen molar-refractivity contribution in [2.75, 3.05) is 13.1 Å². The van der Waals surface area contributed by atoms with E-state index >= 15 is 0 Å². The summed E-state index contributed by atoms with van der Waals surface area (Å²) in [5, 5.41) is 3.39. The van der Waals surface area contributed by atoms with Crippen LogP contribution in [0.25, 0.3) is 0 Å². The van der Waals surface area contributed by atoms with Crippen LogP contribution in [0.1, 0.15) is 18.4 Å². The summed E-state index contributed by atoms with van der Waals surface area (Å²) >= 11 is 5.99. The van der Waals surface area contributed by atoms with Gasteiger partial charge in [-0.15, -0.1) is 0 Å². The zero-order valence-electron chi connectivity index (χ0n) is 9.52. The molecule has 0 radical (unpaired) electrons. The van der Waals surface area contributed by atoms with E-state index in [2.05, 4.69) is 5.32 Å². The van der Waals surface area contributed by atoms with Gasteiger partial charge in [0.05, 0.1) is 11.0 Å². The molecule has 1 unspecified atom stereocenters. The fraction of sp³-hybridized carbons (Fsp3) is 0.500. The van der Waals surface area contributed by atoms with Crippen molar-refractivity contribution in [3.63, 3.8) is 0 Å². The molecule has 5 heteroatoms. The average molecular weight is 274 g/mol. The second kappa shape index (κ2) is 5.38. The number of rotatable bonds is 3. The van der Waals surface area contributed by atoms with Crippen LogP contribution in [0.2, 0.25) is 5.02 Å². The smallest absolute Gasteiger partial charge is 0.158 e. The third kappa shape index (κ3) is 3.21. The summed E-state index contributed by atoms with van der Waals surface area (Å²) in [6.45, 7) is 1.48. The monoisotopic (exact) mass is 273 g/mol. The molecule has 0 aromatic heterocycles. The highest BCUT2D eigenvalue weighted by molar-refractivity contribution is 7.91. The Labute approximate surface area is 107 Å². The predicted octanol–water partition coefficient (Wildman–Crippen LogP) is 2.01. The summed E-state index contributed by atoms with van der Waals surface area (Å²) < 4.78 is 24.4. The molecule has 17 heavy (non-hydrogen) atoms. The van der Waals surface area contributed by atoms with Crippen LogP contribution >= 0.6 is 11.6 Å². The van der Waals surface area contributed by atoms with Gasteiger partial charge < -0.3 is 5.32 Å². The van der Waals surface area contributed by atoms with E-state index in [0.717, 1.165) is 19.4 Å². The quantitative estimate of drug-likeness (QED) is 0.916. The lowest BCUT2D eigenvalue weighted by Gasteiger charge is -2.23. The molecule has 3 nitrogen and oxygen atoms in total. The molecule has 1 atom stereocenters. The van der Waals surface area contributed by atoms with Crippen molar-refractivity contribution >= 4 is 21.4 Å². The molecule has 0 amide bonds. The molecule has 1 N–H and O–H groups in total. The Morgan fingerprint density at radius 2 is 2.12 bits per heavy atom. The first-order chi connectivity index (χ1) is 8.09. The fourth-order valence-electron chi connectivity index (χ4n) is 2.08. The molecule has 0 aliphatic carbocycles. The Bertz CT molecular complexity index is 481. The van der Waals surface area contributed by atoms with Gasteiger partial charge >= 0.3 is 0 Å². The van der Waals surface area contributed by atoms with Gasteiger partial charge in [-0.1, -0.05) is 29.8 Å². The lowest BCUT2D eigenvalue weighted by atomic mass is 10.2. The Kier molecular flexibility index (Phi) is 4.07. The zero-order chi connectivity index (χ0) is 12.3. The number of benzene rings is 1. The average Bonchev–Trinajstić information content (AvgIpc) is 2.33. The molecular formula is C12H16ClNO2S. The van der Waals surface area contributed by atoms with E-state index < -0.39 is 9.84 Å². The molecule has 0 saturated carbocycles. The Morgan fingerprint density at radius 3 is 2.76 bits per heavy atom. The summed E-state index contributed by atoms with van der Waals surface area (Å²) in [6, 6.07) is 7.12. The number of piperidine rings is 1. The molecule has 0 spiro atoms. The van der Waals surface area contributed by atoms with Gasteiger partial charge in [0.15, 0.2) is 9.84 Å². The molecule has 1 fully saturated rings. The normalized spacial score (nSPS) is 21.4. The van der Waals surface area contributed by atoms with Gasteiger partial charge in [-0.3, -0.25) is 0 Å². The topological polar surface area (TPSA) is 46.2 Å². The number of sulfone groups is 1. The van der Waals surface area contributed by atoms with Crippen LogP contribution in [-0.4, -0.2) is 26.8 Å². The highest BCUT2D eigenvalue weighted by Gasteiger charge is 2.27. The first kappa shape index (κ1) is 12.9. The van der Waals surface area contributed by atoms with Gasteiger partial charge in [-0.05, 0) is 31.0 Å². The summed E-state index contributed by atoms with van der Waals surface area (Å²) in [4.78, 5) is 0. The second-order valence-electron chi connectivity index (χ2n) is 4.37. The first-order valence-corrected chi connectivity index (χ1v) is 7.84. The Hall–Kier alpha value is -0.580. The SMILES string of the molecule is O=S(=O)(Cc1ccccc1Cl)C1CCCNC1. The van der Waals surface area contributed by atoms with Crippen molar-refractivity contribution in [2.45, 2.75) is 23.8 Å². The first-order valence-electron chi connectivity index (χ1n) is 5.75. The van der Waals surface area contributed by atoms with Crippen LogP contribution in [0, 0.1) is 0 Å². The number of nitrogens with one attached hydrogen (secondary N) is 1. The van der Waals surface area contributed by atoms with E-state index in [4.69, 9.17) is 11.6 Å². The van der Waals surface area contributed by atoms with Crippen LogP contribution in [0.15, 0.2) is 24.3 Å². The highest BCUT2D eigenvalue weighted by atomic mass is 35.5. The van der Waals surface area contributed by atoms with Crippen LogP contribution in [-0.2, 0) is 15.6 Å². The van der Waals surface area contributed by atoms with Crippen molar-refractivity contribution in [2.24, 2.45) is 0 Å². The second-order valence-corrected chi connectivity index (χ2v) is 7.06. The minimum atomic E-state index is -3.11. The Morgan fingerprint density at radius 1 is 1.35 bits per heavy atom. The van der Waals surface area contributed by atoms with Gasteiger partial charge in [-0.25, -0.2) is 8.42 Å². The van der Waals surface area contributed by atoms with Gasteiger partial charge in [-0.2, -0.15) is 0 Å². The van der Waals surface area contributed by atoms with Gasteiger partial charge in [0, 0.05) is 11.6 Å². The maximum absolute atomic E-state index is 12.2. The maximum atomic E-state index is 12.2. The molecule has 1 aliphatic rings. The maximum Gasteiger partial charge on any atom is 0.158 e. The van der Waals surface area contributed by atoms with Gasteiger partial charge in [0.2, 0.25) is 0 Å². The summed E-state index contributed by atoms with van der Waals surface area (Å²) in [7, 11) is -3.11. The molecule has 0 bridgehead atoms. The lowest BCUT2D eigenvalue weighted by molar-refractivity contribution is 0.496. The van der Waals surface area contributed by atoms with Crippen molar-refractivity contribution in [1.82, 2.24) is 5.32 Å². The van der Waals surface area contributed by atoms with E-state index in [0.29, 0.717) is 17.1 Å². The molecule has 94 valence electrons. The van der Waals surface area contributed by atoms with E-state index in [-0.39, 0.29) is 11.0 Å². The van der Waals surface area contributed by atoms with Crippen LogP contribution < -0.4 is 5.32 Å². The van der Waals surface area contributed by atoms with Crippen molar-refractivity contribution < 1.29 is 8.42 Å². The van der Waals surface area contributed by atoms with Gasteiger partial charge in [0.25, 0.3) is 0 Å². The third-order valence-electron chi connectivity index (χ3n) is 3.07. The molecule has 1 saturated heterocycles. The predicted molar refractivity (Wildman–Crippen MR) is 70.0 cm³/mol. The van der Waals surface area contributed by atoms with Gasteiger partial charge in [0.1, 0.15) is 0 Å². The van der Waals surface area contributed by atoms with E-state index in [1.54, 1.807) is 18.2 Å². The summed E-state index contributed by atoms with van der Waals surface area (Å²) in [5.41, 5.74) is 0.694. The molecule has 2 rings (SSSR count). The minimum Gasteiger partial charge on any atom is -0.315 e. The van der Waals surface area contributed by atoms with E-state index in [1.807, 2.05) is 6.07 Å². The van der Waals surface area contributed by atoms with Crippen molar-refractivity contribution in [3.8, 4) is 0 Å². The number of halogens is 1. The minimum absolute atomic E-state index is 0.0407. The van der Waals surface area contributed by atoms with Crippen molar-refractivity contribution in [1.29, 1.82) is 0 Å². The summed E-state index contributed by atoms with van der Waals surface area (Å²) in [6.07, 6.45) is 1.67. The molecule has 1 heterocycles. The van der Waals surface area contributed by atoms with Crippen LogP contribution in [0.5, 0.6) is 0 Å². The molecule has 1 aromatic carbocycles. The third-order valence-corrected chi connectivity index (χ3v) is 5.57. The van der Waals surface area contributed by atoms with Crippen LogP contribution in [0.4, 0.5) is 0 Å². The molecule has 1 aliphatic heterocycles. The van der Waals surface area contributed by atoms with E-state index in [1.165, 1.54) is 0 Å². The Balaban J connectivity index is 2.14. The zero-order valence-corrected chi connectivity index (χ0v) is 11.1. The highest BCUT2D eigenvalue weighted by Crippen LogP contribution is 2.22. The number of hydrogen-bond acceptors (Lipinski definition) is 3. The van der Waals surface area contributed by atoms with E-state index in [9.17, 15) is 8.42 Å².